The Morgan fingerprint density at radius 1 is 1.04 bits per heavy atom. The molecule has 0 saturated heterocycles. The van der Waals surface area contributed by atoms with Crippen molar-refractivity contribution < 1.29 is 13.9 Å². The molecule has 0 unspecified atom stereocenters. The lowest BCUT2D eigenvalue weighted by atomic mass is 9.82. The molecule has 0 bridgehead atoms. The van der Waals surface area contributed by atoms with E-state index in [9.17, 15) is 9.18 Å². The van der Waals surface area contributed by atoms with Crippen molar-refractivity contribution in [2.24, 2.45) is 0 Å². The highest BCUT2D eigenvalue weighted by atomic mass is 35.5. The summed E-state index contributed by atoms with van der Waals surface area (Å²) in [6, 6.07) is 10.4. The number of halogens is 2. The first-order chi connectivity index (χ1) is 12.5. The molecule has 1 aliphatic rings. The van der Waals surface area contributed by atoms with Crippen LogP contribution in [0.1, 0.15) is 45.7 Å². The quantitative estimate of drug-likeness (QED) is 0.623. The molecule has 1 aliphatic heterocycles. The molecule has 0 aromatic heterocycles. The lowest BCUT2D eigenvalue weighted by molar-refractivity contribution is -0.150. The molecule has 27 heavy (non-hydrogen) atoms. The number of benzene rings is 2. The number of ether oxygens (including phenoxy) is 1. The van der Waals surface area contributed by atoms with Gasteiger partial charge in [-0.2, -0.15) is 0 Å². The zero-order chi connectivity index (χ0) is 20.0. The number of rotatable bonds is 3. The van der Waals surface area contributed by atoms with Gasteiger partial charge in [0.2, 0.25) is 0 Å². The molecular weight excluding hydrogens is 363 g/mol. The molecular formula is C23H24ClFO2. The van der Waals surface area contributed by atoms with Crippen LogP contribution in [0.3, 0.4) is 0 Å². The Hall–Kier alpha value is -1.97. The standard InChI is InChI=1S/C23H24ClFO2/c1-6-14-7-8-15(17-10-9-16(24)12-20(17)25)11-18(14)19-13-22(2,3)27-23(4,5)21(19)26/h7-13H,6H2,1-5H3. The molecule has 3 rings (SSSR count). The van der Waals surface area contributed by atoms with Crippen LogP contribution in [-0.4, -0.2) is 17.0 Å². The summed E-state index contributed by atoms with van der Waals surface area (Å²) < 4.78 is 20.4. The highest BCUT2D eigenvalue weighted by Gasteiger charge is 2.41. The van der Waals surface area contributed by atoms with Gasteiger partial charge in [-0.25, -0.2) is 4.39 Å². The van der Waals surface area contributed by atoms with Gasteiger partial charge in [-0.3, -0.25) is 4.79 Å². The van der Waals surface area contributed by atoms with E-state index in [0.717, 1.165) is 17.5 Å². The van der Waals surface area contributed by atoms with E-state index in [0.29, 0.717) is 21.7 Å². The summed E-state index contributed by atoms with van der Waals surface area (Å²) in [7, 11) is 0. The predicted octanol–water partition coefficient (Wildman–Crippen LogP) is 6.25. The fraction of sp³-hybridized carbons (Fsp3) is 0.348. The smallest absolute Gasteiger partial charge is 0.194 e. The maximum absolute atomic E-state index is 14.4. The molecule has 4 heteroatoms. The predicted molar refractivity (Wildman–Crippen MR) is 108 cm³/mol. The molecule has 0 amide bonds. The maximum Gasteiger partial charge on any atom is 0.194 e. The van der Waals surface area contributed by atoms with Crippen molar-refractivity contribution >= 4 is 23.0 Å². The van der Waals surface area contributed by atoms with Crippen LogP contribution in [0.2, 0.25) is 5.02 Å². The minimum absolute atomic E-state index is 0.0646. The molecule has 1 heterocycles. The minimum Gasteiger partial charge on any atom is -0.357 e. The zero-order valence-corrected chi connectivity index (χ0v) is 17.1. The van der Waals surface area contributed by atoms with Gasteiger partial charge in [0.15, 0.2) is 5.78 Å². The van der Waals surface area contributed by atoms with E-state index in [1.807, 2.05) is 45.0 Å². The van der Waals surface area contributed by atoms with E-state index in [4.69, 9.17) is 16.3 Å². The van der Waals surface area contributed by atoms with Crippen LogP contribution < -0.4 is 0 Å². The summed E-state index contributed by atoms with van der Waals surface area (Å²) in [5.41, 5.74) is 2.19. The second-order valence-corrected chi connectivity index (χ2v) is 8.39. The van der Waals surface area contributed by atoms with Crippen molar-refractivity contribution in [3.05, 3.63) is 64.4 Å². The van der Waals surface area contributed by atoms with Gasteiger partial charge in [0.25, 0.3) is 0 Å². The van der Waals surface area contributed by atoms with Gasteiger partial charge in [-0.15, -0.1) is 0 Å². The number of aryl methyl sites for hydroxylation is 1. The molecule has 2 aromatic rings. The zero-order valence-electron chi connectivity index (χ0n) is 16.3. The van der Waals surface area contributed by atoms with Gasteiger partial charge in [-0.1, -0.05) is 30.7 Å². The molecule has 0 atom stereocenters. The molecule has 0 spiro atoms. The Kier molecular flexibility index (Phi) is 5.04. The second-order valence-electron chi connectivity index (χ2n) is 7.95. The van der Waals surface area contributed by atoms with Crippen molar-refractivity contribution in [3.63, 3.8) is 0 Å². The summed E-state index contributed by atoms with van der Waals surface area (Å²) in [6.07, 6.45) is 2.64. The van der Waals surface area contributed by atoms with Crippen molar-refractivity contribution in [2.75, 3.05) is 0 Å². The van der Waals surface area contributed by atoms with Crippen LogP contribution >= 0.6 is 11.6 Å². The molecule has 0 aliphatic carbocycles. The number of hydrogen-bond acceptors (Lipinski definition) is 2. The number of hydrogen-bond donors (Lipinski definition) is 0. The SMILES string of the molecule is CCc1ccc(-c2ccc(Cl)cc2F)cc1C1=CC(C)(C)OC(C)(C)C1=O. The third-order valence-corrected chi connectivity index (χ3v) is 5.06. The van der Waals surface area contributed by atoms with Gasteiger partial charge >= 0.3 is 0 Å². The first kappa shape index (κ1) is 19.8. The van der Waals surface area contributed by atoms with Crippen LogP contribution in [0.25, 0.3) is 16.7 Å². The number of carbonyl (C=O) groups excluding carboxylic acids is 1. The molecule has 142 valence electrons. The van der Waals surface area contributed by atoms with Gasteiger partial charge < -0.3 is 4.74 Å². The summed E-state index contributed by atoms with van der Waals surface area (Å²) in [6.45, 7) is 9.50. The first-order valence-corrected chi connectivity index (χ1v) is 9.48. The van der Waals surface area contributed by atoms with E-state index in [-0.39, 0.29) is 11.6 Å². The number of ketones is 1. The van der Waals surface area contributed by atoms with Gasteiger partial charge in [0.05, 0.1) is 5.60 Å². The van der Waals surface area contributed by atoms with Crippen LogP contribution in [0, 0.1) is 5.82 Å². The molecule has 0 N–H and O–H groups in total. The number of carbonyl (C=O) groups is 1. The van der Waals surface area contributed by atoms with E-state index in [2.05, 4.69) is 0 Å². The van der Waals surface area contributed by atoms with E-state index >= 15 is 0 Å². The minimum atomic E-state index is -0.917. The lowest BCUT2D eigenvalue weighted by Gasteiger charge is -2.39. The third kappa shape index (κ3) is 3.85. The Labute approximate surface area is 165 Å². The third-order valence-electron chi connectivity index (χ3n) is 4.82. The average molecular weight is 387 g/mol. The van der Waals surface area contributed by atoms with Crippen LogP contribution in [0.4, 0.5) is 4.39 Å². The van der Waals surface area contributed by atoms with Crippen LogP contribution in [0.15, 0.2) is 42.5 Å². The first-order valence-electron chi connectivity index (χ1n) is 9.10. The van der Waals surface area contributed by atoms with Gasteiger partial charge in [0, 0.05) is 16.2 Å². The topological polar surface area (TPSA) is 26.3 Å². The Morgan fingerprint density at radius 2 is 1.74 bits per heavy atom. The van der Waals surface area contributed by atoms with Gasteiger partial charge in [0.1, 0.15) is 11.4 Å². The largest absolute Gasteiger partial charge is 0.357 e. The van der Waals surface area contributed by atoms with Crippen molar-refractivity contribution in [3.8, 4) is 11.1 Å². The van der Waals surface area contributed by atoms with E-state index in [1.54, 1.807) is 26.0 Å². The van der Waals surface area contributed by atoms with Crippen LogP contribution in [-0.2, 0) is 16.0 Å². The summed E-state index contributed by atoms with van der Waals surface area (Å²) in [4.78, 5) is 13.1. The Bertz CT molecular complexity index is 941. The van der Waals surface area contributed by atoms with E-state index < -0.39 is 11.2 Å². The molecule has 0 radical (unpaired) electrons. The fourth-order valence-corrected chi connectivity index (χ4v) is 3.86. The lowest BCUT2D eigenvalue weighted by Crippen LogP contribution is -2.46. The molecule has 2 aromatic carbocycles. The fourth-order valence-electron chi connectivity index (χ4n) is 3.70. The maximum atomic E-state index is 14.4. The summed E-state index contributed by atoms with van der Waals surface area (Å²) in [5.74, 6) is -0.448. The summed E-state index contributed by atoms with van der Waals surface area (Å²) >= 11 is 5.88. The highest BCUT2D eigenvalue weighted by Crippen LogP contribution is 2.38. The molecule has 2 nitrogen and oxygen atoms in total. The molecule has 0 fully saturated rings. The van der Waals surface area contributed by atoms with Crippen molar-refractivity contribution in [1.82, 2.24) is 0 Å². The van der Waals surface area contributed by atoms with Crippen molar-refractivity contribution in [2.45, 2.75) is 52.2 Å². The Balaban J connectivity index is 2.20. The van der Waals surface area contributed by atoms with Crippen molar-refractivity contribution in [1.29, 1.82) is 0 Å². The summed E-state index contributed by atoms with van der Waals surface area (Å²) in [5, 5.41) is 0.354. The monoisotopic (exact) mass is 386 g/mol. The second kappa shape index (κ2) is 6.88. The Morgan fingerprint density at radius 3 is 2.37 bits per heavy atom. The average Bonchev–Trinajstić information content (AvgIpc) is 2.57. The number of Topliss-reactive ketones (excluding diaryl/α,β-unsaturated/α-hetero) is 1. The van der Waals surface area contributed by atoms with Crippen LogP contribution in [0.5, 0.6) is 0 Å². The van der Waals surface area contributed by atoms with E-state index in [1.165, 1.54) is 6.07 Å². The normalized spacial score (nSPS) is 18.3. The highest BCUT2D eigenvalue weighted by molar-refractivity contribution is 6.30. The van der Waals surface area contributed by atoms with Gasteiger partial charge in [-0.05, 0) is 81.1 Å². The molecule has 0 saturated carbocycles.